The molecule has 0 saturated carbocycles. The van der Waals surface area contributed by atoms with Crippen molar-refractivity contribution in [1.82, 2.24) is 4.98 Å². The van der Waals surface area contributed by atoms with Crippen molar-refractivity contribution < 1.29 is 17.6 Å². The molecule has 0 bridgehead atoms. The molecule has 1 amide bonds. The van der Waals surface area contributed by atoms with Gasteiger partial charge in [-0.25, -0.2) is 17.8 Å². The van der Waals surface area contributed by atoms with E-state index in [-0.39, 0.29) is 29.5 Å². The topological polar surface area (TPSA) is 67.3 Å². The van der Waals surface area contributed by atoms with Crippen LogP contribution >= 0.6 is 11.3 Å². The Hall–Kier alpha value is -3.10. The third-order valence-electron chi connectivity index (χ3n) is 5.08. The van der Waals surface area contributed by atoms with E-state index in [1.165, 1.54) is 23.5 Å². The summed E-state index contributed by atoms with van der Waals surface area (Å²) in [5.41, 5.74) is 2.76. The van der Waals surface area contributed by atoms with E-state index >= 15 is 0 Å². The number of amides is 1. The van der Waals surface area contributed by atoms with Gasteiger partial charge in [0.15, 0.2) is 15.0 Å². The molecular formula is C24H21FN2O3S2. The number of thiazole rings is 1. The number of hydrogen-bond acceptors (Lipinski definition) is 5. The molecule has 0 atom stereocenters. The zero-order valence-electron chi connectivity index (χ0n) is 17.4. The summed E-state index contributed by atoms with van der Waals surface area (Å²) in [6.45, 7) is 2.25. The fourth-order valence-electron chi connectivity index (χ4n) is 3.33. The standard InChI is InChI=1S/C24H21FN2O3S2/c1-17-6-5-9-21-23(17)26-24(31-21)27(16-18-7-3-2-4-8-18)22(28)14-15-32(29,30)20-12-10-19(25)11-13-20/h2-13H,14-16H2,1H3. The molecule has 0 unspecified atom stereocenters. The number of aryl methyl sites for hydroxylation is 1. The lowest BCUT2D eigenvalue weighted by Crippen LogP contribution is -2.31. The van der Waals surface area contributed by atoms with Gasteiger partial charge in [0.1, 0.15) is 5.82 Å². The van der Waals surface area contributed by atoms with Gasteiger partial charge >= 0.3 is 0 Å². The molecule has 4 aromatic rings. The number of nitrogens with zero attached hydrogens (tertiary/aromatic N) is 2. The number of rotatable bonds is 7. The molecule has 3 aromatic carbocycles. The summed E-state index contributed by atoms with van der Waals surface area (Å²) < 4.78 is 39.4. The van der Waals surface area contributed by atoms with E-state index in [0.29, 0.717) is 5.13 Å². The summed E-state index contributed by atoms with van der Waals surface area (Å²) in [5.74, 6) is -1.22. The van der Waals surface area contributed by atoms with Crippen molar-refractivity contribution in [2.75, 3.05) is 10.7 Å². The van der Waals surface area contributed by atoms with E-state index in [2.05, 4.69) is 4.98 Å². The number of carbonyl (C=O) groups excluding carboxylic acids is 1. The number of para-hydroxylation sites is 1. The summed E-state index contributed by atoms with van der Waals surface area (Å²) >= 11 is 1.40. The highest BCUT2D eigenvalue weighted by atomic mass is 32.2. The zero-order chi connectivity index (χ0) is 22.7. The number of hydrogen-bond donors (Lipinski definition) is 0. The Balaban J connectivity index is 1.61. The monoisotopic (exact) mass is 468 g/mol. The molecule has 1 aromatic heterocycles. The van der Waals surface area contributed by atoms with Crippen LogP contribution in [0.5, 0.6) is 0 Å². The van der Waals surface area contributed by atoms with Crippen LogP contribution in [-0.4, -0.2) is 25.1 Å². The molecule has 0 spiro atoms. The predicted molar refractivity (Wildman–Crippen MR) is 125 cm³/mol. The summed E-state index contributed by atoms with van der Waals surface area (Å²) in [5, 5.41) is 0.530. The summed E-state index contributed by atoms with van der Waals surface area (Å²) in [7, 11) is -3.72. The molecule has 164 valence electrons. The van der Waals surface area contributed by atoms with Crippen LogP contribution in [0.15, 0.2) is 77.7 Å². The predicted octanol–water partition coefficient (Wildman–Crippen LogP) is 5.14. The first-order chi connectivity index (χ1) is 15.3. The fraction of sp³-hybridized carbons (Fsp3) is 0.167. The number of sulfone groups is 1. The van der Waals surface area contributed by atoms with Crippen LogP contribution < -0.4 is 4.90 Å². The van der Waals surface area contributed by atoms with Crippen molar-refractivity contribution in [1.29, 1.82) is 0 Å². The highest BCUT2D eigenvalue weighted by Gasteiger charge is 2.24. The molecule has 4 rings (SSSR count). The number of carbonyl (C=O) groups is 1. The molecule has 8 heteroatoms. The Morgan fingerprint density at radius 3 is 2.41 bits per heavy atom. The van der Waals surface area contributed by atoms with Gasteiger partial charge < -0.3 is 0 Å². The van der Waals surface area contributed by atoms with Gasteiger partial charge in [-0.1, -0.05) is 53.8 Å². The van der Waals surface area contributed by atoms with Crippen LogP contribution in [0.25, 0.3) is 10.2 Å². The van der Waals surface area contributed by atoms with Gasteiger partial charge in [0.25, 0.3) is 0 Å². The SMILES string of the molecule is Cc1cccc2sc(N(Cc3ccccc3)C(=O)CCS(=O)(=O)c3ccc(F)cc3)nc12. The molecule has 1 heterocycles. The molecule has 0 radical (unpaired) electrons. The largest absolute Gasteiger partial charge is 0.284 e. The number of halogens is 1. The molecule has 0 fully saturated rings. The van der Waals surface area contributed by atoms with E-state index in [1.807, 2.05) is 55.5 Å². The second-order valence-electron chi connectivity index (χ2n) is 7.41. The van der Waals surface area contributed by atoms with E-state index in [0.717, 1.165) is 33.5 Å². The van der Waals surface area contributed by atoms with Crippen molar-refractivity contribution in [3.8, 4) is 0 Å². The van der Waals surface area contributed by atoms with Crippen molar-refractivity contribution in [2.24, 2.45) is 0 Å². The van der Waals surface area contributed by atoms with E-state index in [4.69, 9.17) is 0 Å². The first kappa shape index (κ1) is 22.1. The van der Waals surface area contributed by atoms with Crippen LogP contribution in [0.1, 0.15) is 17.5 Å². The van der Waals surface area contributed by atoms with Gasteiger partial charge in [-0.05, 0) is 48.4 Å². The van der Waals surface area contributed by atoms with Gasteiger partial charge in [-0.15, -0.1) is 0 Å². The van der Waals surface area contributed by atoms with Crippen LogP contribution in [-0.2, 0) is 21.2 Å². The lowest BCUT2D eigenvalue weighted by Gasteiger charge is -2.20. The number of anilines is 1. The van der Waals surface area contributed by atoms with E-state index < -0.39 is 15.7 Å². The Morgan fingerprint density at radius 1 is 1.00 bits per heavy atom. The number of fused-ring (bicyclic) bond motifs is 1. The van der Waals surface area contributed by atoms with E-state index in [9.17, 15) is 17.6 Å². The smallest absolute Gasteiger partial charge is 0.230 e. The second kappa shape index (κ2) is 9.18. The Bertz CT molecular complexity index is 1350. The minimum absolute atomic E-state index is 0.00285. The van der Waals surface area contributed by atoms with Gasteiger partial charge in [-0.2, -0.15) is 0 Å². The van der Waals surface area contributed by atoms with Crippen LogP contribution in [0.3, 0.4) is 0 Å². The third kappa shape index (κ3) is 4.87. The van der Waals surface area contributed by atoms with Crippen molar-refractivity contribution in [2.45, 2.75) is 24.8 Å². The Kier molecular flexibility index (Phi) is 6.34. The first-order valence-corrected chi connectivity index (χ1v) is 12.5. The van der Waals surface area contributed by atoms with Gasteiger partial charge in [-0.3, -0.25) is 9.69 Å². The third-order valence-corrected chi connectivity index (χ3v) is 7.86. The normalized spacial score (nSPS) is 11.6. The molecule has 32 heavy (non-hydrogen) atoms. The van der Waals surface area contributed by atoms with Crippen LogP contribution in [0.2, 0.25) is 0 Å². The second-order valence-corrected chi connectivity index (χ2v) is 10.5. The van der Waals surface area contributed by atoms with E-state index in [1.54, 1.807) is 4.90 Å². The Labute approximate surface area is 190 Å². The van der Waals surface area contributed by atoms with Gasteiger partial charge in [0.05, 0.1) is 27.4 Å². The molecule has 0 aliphatic rings. The molecule has 5 nitrogen and oxygen atoms in total. The van der Waals surface area contributed by atoms with Crippen LogP contribution in [0, 0.1) is 12.7 Å². The summed E-state index contributed by atoms with van der Waals surface area (Å²) in [4.78, 5) is 19.4. The number of benzene rings is 3. The van der Waals surface area contributed by atoms with Gasteiger partial charge in [0.2, 0.25) is 5.91 Å². The fourth-order valence-corrected chi connectivity index (χ4v) is 5.62. The molecule has 0 aliphatic carbocycles. The molecule has 0 saturated heterocycles. The maximum Gasteiger partial charge on any atom is 0.230 e. The van der Waals surface area contributed by atoms with Crippen LogP contribution in [0.4, 0.5) is 9.52 Å². The average Bonchev–Trinajstić information content (AvgIpc) is 3.22. The zero-order valence-corrected chi connectivity index (χ0v) is 19.0. The summed E-state index contributed by atoms with van der Waals surface area (Å²) in [6.07, 6.45) is -0.207. The molecular weight excluding hydrogens is 447 g/mol. The number of aromatic nitrogens is 1. The first-order valence-electron chi connectivity index (χ1n) is 10.0. The van der Waals surface area contributed by atoms with Crippen molar-refractivity contribution in [3.05, 3.63) is 89.7 Å². The van der Waals surface area contributed by atoms with Crippen molar-refractivity contribution in [3.63, 3.8) is 0 Å². The lowest BCUT2D eigenvalue weighted by molar-refractivity contribution is -0.118. The van der Waals surface area contributed by atoms with Gasteiger partial charge in [0, 0.05) is 6.42 Å². The maximum absolute atomic E-state index is 13.2. The van der Waals surface area contributed by atoms with Crippen molar-refractivity contribution >= 4 is 42.4 Å². The molecule has 0 N–H and O–H groups in total. The minimum atomic E-state index is -3.72. The molecule has 0 aliphatic heterocycles. The highest BCUT2D eigenvalue weighted by Crippen LogP contribution is 2.32. The highest BCUT2D eigenvalue weighted by molar-refractivity contribution is 7.91. The lowest BCUT2D eigenvalue weighted by atomic mass is 10.2. The average molecular weight is 469 g/mol. The summed E-state index contributed by atoms with van der Waals surface area (Å²) in [6, 6.07) is 20.0. The minimum Gasteiger partial charge on any atom is -0.284 e. The quantitative estimate of drug-likeness (QED) is 0.352. The maximum atomic E-state index is 13.2. The Morgan fingerprint density at radius 2 is 1.72 bits per heavy atom.